The molecule has 0 aliphatic heterocycles. The van der Waals surface area contributed by atoms with Crippen molar-refractivity contribution in [2.24, 2.45) is 9.98 Å². The Balaban J connectivity index is 1.54. The Labute approximate surface area is 226 Å². The predicted octanol–water partition coefficient (Wildman–Crippen LogP) is 7.55. The third-order valence-corrected chi connectivity index (χ3v) is 7.48. The van der Waals surface area contributed by atoms with Crippen molar-refractivity contribution >= 4 is 43.1 Å². The predicted molar refractivity (Wildman–Crippen MR) is 152 cm³/mol. The summed E-state index contributed by atoms with van der Waals surface area (Å²) >= 11 is 0. The summed E-state index contributed by atoms with van der Waals surface area (Å²) in [4.78, 5) is 8.38. The summed E-state index contributed by atoms with van der Waals surface area (Å²) in [7, 11) is 0. The molecule has 0 fully saturated rings. The maximum Gasteiger partial charge on any atom is 0.206 e. The summed E-state index contributed by atoms with van der Waals surface area (Å²) in [6, 6.07) is 28.4. The molecule has 0 aromatic heterocycles. The normalized spacial score (nSPS) is 12.5. The van der Waals surface area contributed by atoms with Gasteiger partial charge in [-0.2, -0.15) is 20.5 Å². The van der Waals surface area contributed by atoms with Crippen LogP contribution < -0.4 is 10.7 Å². The van der Waals surface area contributed by atoms with Crippen LogP contribution in [0.1, 0.15) is 0 Å². The van der Waals surface area contributed by atoms with E-state index in [0.717, 1.165) is 65.3 Å². The zero-order valence-electron chi connectivity index (χ0n) is 20.8. The highest BCUT2D eigenvalue weighted by molar-refractivity contribution is 6.21. The minimum absolute atomic E-state index is 0.307. The SMILES string of the molecule is N#C/N=c1/c2cc(-c3ccc(F)cc3)ccc2c2cc3c(cc12)/c(=N/C#N)c1cc(-c2ccc(F)cc2)ccc13. The van der Waals surface area contributed by atoms with Crippen LogP contribution >= 0.6 is 0 Å². The van der Waals surface area contributed by atoms with E-state index >= 15 is 0 Å². The molecule has 0 amide bonds. The molecular weight excluding hydrogens is 502 g/mol. The van der Waals surface area contributed by atoms with Crippen LogP contribution in [-0.4, -0.2) is 0 Å². The molecule has 0 unspecified atom stereocenters. The van der Waals surface area contributed by atoms with Crippen molar-refractivity contribution in [3.63, 3.8) is 0 Å². The molecule has 7 aromatic rings. The Morgan fingerprint density at radius 2 is 0.750 bits per heavy atom. The zero-order chi connectivity index (χ0) is 27.4. The summed E-state index contributed by atoms with van der Waals surface area (Å²) in [6.07, 6.45) is 3.88. The zero-order valence-corrected chi connectivity index (χ0v) is 20.8. The van der Waals surface area contributed by atoms with Gasteiger partial charge in [0.25, 0.3) is 0 Å². The van der Waals surface area contributed by atoms with Gasteiger partial charge in [-0.25, -0.2) is 8.78 Å². The van der Waals surface area contributed by atoms with Crippen molar-refractivity contribution in [1.29, 1.82) is 10.5 Å². The average Bonchev–Trinajstić information content (AvgIpc) is 3.44. The number of nitrogens with zero attached hydrogens (tertiary/aromatic N) is 4. The summed E-state index contributed by atoms with van der Waals surface area (Å²) in [5.41, 5.74) is 3.48. The third-order valence-electron chi connectivity index (χ3n) is 7.48. The Morgan fingerprint density at radius 3 is 1.15 bits per heavy atom. The highest BCUT2D eigenvalue weighted by atomic mass is 19.1. The molecule has 0 atom stereocenters. The second-order valence-electron chi connectivity index (χ2n) is 9.60. The van der Waals surface area contributed by atoms with E-state index in [4.69, 9.17) is 0 Å². The molecular formula is C34H16F2N4. The topological polar surface area (TPSA) is 72.3 Å². The van der Waals surface area contributed by atoms with Crippen molar-refractivity contribution in [2.45, 2.75) is 0 Å². The van der Waals surface area contributed by atoms with Crippen LogP contribution in [0.3, 0.4) is 0 Å². The van der Waals surface area contributed by atoms with E-state index in [9.17, 15) is 19.3 Å². The highest BCUT2D eigenvalue weighted by Crippen LogP contribution is 2.35. The monoisotopic (exact) mass is 518 g/mol. The first-order chi connectivity index (χ1) is 19.6. The lowest BCUT2D eigenvalue weighted by Crippen LogP contribution is -2.00. The number of benzene rings is 5. The fourth-order valence-electron chi connectivity index (χ4n) is 5.66. The first kappa shape index (κ1) is 23.4. The minimum atomic E-state index is -0.307. The van der Waals surface area contributed by atoms with Crippen molar-refractivity contribution in [2.75, 3.05) is 0 Å². The van der Waals surface area contributed by atoms with Crippen LogP contribution in [0.15, 0.2) is 107 Å². The van der Waals surface area contributed by atoms with Gasteiger partial charge in [0.05, 0.1) is 10.7 Å². The fourth-order valence-corrected chi connectivity index (χ4v) is 5.66. The van der Waals surface area contributed by atoms with Gasteiger partial charge in [0.1, 0.15) is 11.6 Å². The van der Waals surface area contributed by atoms with E-state index in [-0.39, 0.29) is 11.6 Å². The lowest BCUT2D eigenvalue weighted by molar-refractivity contribution is 0.627. The molecule has 0 N–H and O–H groups in total. The van der Waals surface area contributed by atoms with E-state index in [1.54, 1.807) is 24.3 Å². The molecule has 0 aliphatic carbocycles. The van der Waals surface area contributed by atoms with Gasteiger partial charge in [-0.1, -0.05) is 48.5 Å². The Hall–Kier alpha value is -5.72. The van der Waals surface area contributed by atoms with E-state index < -0.39 is 0 Å². The summed E-state index contributed by atoms with van der Waals surface area (Å²) in [5, 5.41) is 27.1. The molecule has 7 aromatic carbocycles. The Kier molecular flexibility index (Phi) is 5.23. The molecule has 0 aliphatic rings. The lowest BCUT2D eigenvalue weighted by Gasteiger charge is -2.03. The van der Waals surface area contributed by atoms with Crippen molar-refractivity contribution in [1.82, 2.24) is 0 Å². The van der Waals surface area contributed by atoms with Gasteiger partial charge < -0.3 is 0 Å². The second kappa shape index (κ2) is 8.94. The molecule has 0 heterocycles. The first-order valence-electron chi connectivity index (χ1n) is 12.5. The molecule has 6 heteroatoms. The smallest absolute Gasteiger partial charge is 0.206 e. The van der Waals surface area contributed by atoms with Crippen LogP contribution in [0.2, 0.25) is 0 Å². The molecule has 4 nitrogen and oxygen atoms in total. The summed E-state index contributed by atoms with van der Waals surface area (Å²) < 4.78 is 27.0. The minimum Gasteiger partial charge on any atom is -0.207 e. The highest BCUT2D eigenvalue weighted by Gasteiger charge is 2.16. The molecule has 0 saturated heterocycles. The van der Waals surface area contributed by atoms with E-state index in [0.29, 0.717) is 10.7 Å². The van der Waals surface area contributed by atoms with Crippen LogP contribution in [0.4, 0.5) is 8.78 Å². The van der Waals surface area contributed by atoms with Gasteiger partial charge in [0, 0.05) is 21.5 Å². The fraction of sp³-hybridized carbons (Fsp3) is 0. The van der Waals surface area contributed by atoms with Crippen LogP contribution in [0, 0.1) is 34.5 Å². The molecule has 7 rings (SSSR count). The molecule has 0 bridgehead atoms. The van der Waals surface area contributed by atoms with Gasteiger partial charge in [-0.15, -0.1) is 0 Å². The number of hydrogen-bond donors (Lipinski definition) is 0. The van der Waals surface area contributed by atoms with E-state index in [1.807, 2.05) is 54.9 Å². The molecule has 0 radical (unpaired) electrons. The summed E-state index contributed by atoms with van der Waals surface area (Å²) in [5.74, 6) is -0.614. The number of nitriles is 2. The lowest BCUT2D eigenvalue weighted by atomic mass is 10.0. The van der Waals surface area contributed by atoms with Crippen molar-refractivity contribution in [3.8, 4) is 34.6 Å². The number of fused-ring (bicyclic) bond motifs is 6. The van der Waals surface area contributed by atoms with Crippen molar-refractivity contribution < 1.29 is 8.78 Å². The molecule has 40 heavy (non-hydrogen) atoms. The number of rotatable bonds is 2. The molecule has 0 saturated carbocycles. The Bertz CT molecular complexity index is 2180. The standard InChI is InChI=1S/C34H16F2N4/c35-23-7-1-19(2-8-23)21-5-11-25-27-15-28-26-12-6-22(20-3-9-24(36)10-4-20)14-30(26)34(40-18-38)32(28)16-31(27)33(39-17-37)29(25)13-21/h1-16H/b39-33-,40-34+. The van der Waals surface area contributed by atoms with Crippen LogP contribution in [0.5, 0.6) is 0 Å². The maximum absolute atomic E-state index is 13.5. The first-order valence-corrected chi connectivity index (χ1v) is 12.5. The van der Waals surface area contributed by atoms with Gasteiger partial charge in [-0.05, 0) is 92.3 Å². The van der Waals surface area contributed by atoms with Gasteiger partial charge in [0.2, 0.25) is 12.4 Å². The van der Waals surface area contributed by atoms with E-state index in [2.05, 4.69) is 16.1 Å². The third kappa shape index (κ3) is 3.55. The number of hydrogen-bond acceptors (Lipinski definition) is 4. The molecule has 186 valence electrons. The average molecular weight is 519 g/mol. The van der Waals surface area contributed by atoms with Gasteiger partial charge >= 0.3 is 0 Å². The second-order valence-corrected chi connectivity index (χ2v) is 9.60. The Morgan fingerprint density at radius 1 is 0.400 bits per heavy atom. The van der Waals surface area contributed by atoms with Crippen LogP contribution in [-0.2, 0) is 0 Å². The molecule has 0 spiro atoms. The van der Waals surface area contributed by atoms with E-state index in [1.165, 1.54) is 24.3 Å². The largest absolute Gasteiger partial charge is 0.207 e. The van der Waals surface area contributed by atoms with Crippen LogP contribution in [0.25, 0.3) is 65.3 Å². The van der Waals surface area contributed by atoms with Gasteiger partial charge in [-0.3, -0.25) is 0 Å². The quantitative estimate of drug-likeness (QED) is 0.222. The summed E-state index contributed by atoms with van der Waals surface area (Å²) in [6.45, 7) is 0. The van der Waals surface area contributed by atoms with Gasteiger partial charge in [0.15, 0.2) is 0 Å². The maximum atomic E-state index is 13.5. The van der Waals surface area contributed by atoms with Crippen molar-refractivity contribution in [3.05, 3.63) is 119 Å². The number of halogens is 2.